The second-order valence-electron chi connectivity index (χ2n) is 6.25. The van der Waals surface area contributed by atoms with Gasteiger partial charge in [0.05, 0.1) is 5.57 Å². The second-order valence-corrected chi connectivity index (χ2v) is 6.25. The van der Waals surface area contributed by atoms with Crippen molar-refractivity contribution in [1.82, 2.24) is 5.32 Å². The predicted octanol–water partition coefficient (Wildman–Crippen LogP) is 4.00. The number of carboxylic acids is 1. The number of hydrogen-bond acceptors (Lipinski definition) is 3. The van der Waals surface area contributed by atoms with Crippen LogP contribution >= 0.6 is 0 Å². The van der Waals surface area contributed by atoms with Gasteiger partial charge in [-0.1, -0.05) is 36.4 Å². The van der Waals surface area contributed by atoms with Crippen molar-refractivity contribution < 1.29 is 32.6 Å². The average Bonchev–Trinajstić information content (AvgIpc) is 2.43. The first-order valence-corrected chi connectivity index (χ1v) is 7.45. The summed E-state index contributed by atoms with van der Waals surface area (Å²) in [6.07, 6.45) is -5.46. The van der Waals surface area contributed by atoms with Crippen molar-refractivity contribution >= 4 is 17.6 Å². The number of aliphatic carboxylic acids is 1. The molecule has 138 valence electrons. The lowest BCUT2D eigenvalue weighted by atomic mass is 10.0. The highest BCUT2D eigenvalue weighted by molar-refractivity contribution is 5.81. The van der Waals surface area contributed by atoms with Crippen LogP contribution in [0.4, 0.5) is 18.0 Å². The summed E-state index contributed by atoms with van der Waals surface area (Å²) in [6, 6.07) is 5.47. The second kappa shape index (κ2) is 8.04. The minimum atomic E-state index is -4.66. The van der Waals surface area contributed by atoms with E-state index in [0.29, 0.717) is 0 Å². The third kappa shape index (κ3) is 7.28. The van der Waals surface area contributed by atoms with Crippen LogP contribution in [0.3, 0.4) is 0 Å². The summed E-state index contributed by atoms with van der Waals surface area (Å²) in [5, 5.41) is 11.2. The molecule has 0 fully saturated rings. The predicted molar refractivity (Wildman–Crippen MR) is 85.9 cm³/mol. The molecule has 0 saturated carbocycles. The number of alkyl carbamates (subject to hydrolysis) is 1. The highest BCUT2D eigenvalue weighted by Crippen LogP contribution is 2.34. The maximum Gasteiger partial charge on any atom is 0.416 e. The average molecular weight is 359 g/mol. The van der Waals surface area contributed by atoms with E-state index in [1.807, 2.05) is 0 Å². The molecule has 0 bridgehead atoms. The number of rotatable bonds is 5. The Balaban J connectivity index is 2.97. The number of hydrogen-bond donors (Lipinski definition) is 2. The molecule has 2 N–H and O–H groups in total. The fraction of sp³-hybridized carbons (Fsp3) is 0.412. The fourth-order valence-electron chi connectivity index (χ4n) is 1.92. The quantitative estimate of drug-likeness (QED) is 0.833. The van der Waals surface area contributed by atoms with Gasteiger partial charge in [-0.25, -0.2) is 9.59 Å². The Labute approximate surface area is 143 Å². The maximum atomic E-state index is 13.2. The number of amides is 1. The Morgan fingerprint density at radius 1 is 1.20 bits per heavy atom. The number of ether oxygens (including phenoxy) is 1. The van der Waals surface area contributed by atoms with Gasteiger partial charge in [-0.2, -0.15) is 13.2 Å². The van der Waals surface area contributed by atoms with Crippen LogP contribution in [0.1, 0.15) is 32.8 Å². The largest absolute Gasteiger partial charge is 0.480 e. The molecule has 0 aliphatic heterocycles. The van der Waals surface area contributed by atoms with Gasteiger partial charge in [-0.3, -0.25) is 0 Å². The normalized spacial score (nSPS) is 13.9. The van der Waals surface area contributed by atoms with E-state index in [2.05, 4.69) is 5.32 Å². The van der Waals surface area contributed by atoms with Crippen molar-refractivity contribution in [2.24, 2.45) is 0 Å². The molecule has 0 aromatic heterocycles. The number of allylic oxidation sites excluding steroid dienone is 1. The van der Waals surface area contributed by atoms with Gasteiger partial charge in [-0.15, -0.1) is 0 Å². The molecule has 0 spiro atoms. The fourth-order valence-corrected chi connectivity index (χ4v) is 1.92. The van der Waals surface area contributed by atoms with Crippen molar-refractivity contribution in [3.63, 3.8) is 0 Å². The summed E-state index contributed by atoms with van der Waals surface area (Å²) in [6.45, 7) is 4.75. The van der Waals surface area contributed by atoms with Crippen LogP contribution in [0, 0.1) is 0 Å². The first-order chi connectivity index (χ1) is 11.4. The Morgan fingerprint density at radius 3 is 2.20 bits per heavy atom. The monoisotopic (exact) mass is 359 g/mol. The van der Waals surface area contributed by atoms with Gasteiger partial charge in [0, 0.05) is 0 Å². The van der Waals surface area contributed by atoms with Gasteiger partial charge in [0.2, 0.25) is 0 Å². The molecule has 0 aliphatic rings. The third-order valence-corrected chi connectivity index (χ3v) is 2.94. The summed E-state index contributed by atoms with van der Waals surface area (Å²) in [5.41, 5.74) is -1.91. The Kier molecular flexibility index (Phi) is 6.61. The number of carbonyl (C=O) groups is 2. The molecule has 1 amide bonds. The summed E-state index contributed by atoms with van der Waals surface area (Å²) in [4.78, 5) is 22.9. The van der Waals surface area contributed by atoms with Crippen LogP contribution in [0.5, 0.6) is 0 Å². The molecule has 1 aromatic carbocycles. The minimum absolute atomic E-state index is 0.0867. The number of alkyl halides is 3. The summed E-state index contributed by atoms with van der Waals surface area (Å²) < 4.78 is 44.6. The van der Waals surface area contributed by atoms with Crippen molar-refractivity contribution in [3.8, 4) is 0 Å². The SMILES string of the molecule is CC(C)(C)OC(=O)NC(CC=C(c1ccccc1)C(F)(F)F)C(=O)O. The van der Waals surface area contributed by atoms with E-state index in [9.17, 15) is 22.8 Å². The molecule has 8 heteroatoms. The molecule has 0 aliphatic carbocycles. The van der Waals surface area contributed by atoms with Gasteiger partial charge in [0.15, 0.2) is 0 Å². The topological polar surface area (TPSA) is 75.6 Å². The van der Waals surface area contributed by atoms with Crippen molar-refractivity contribution in [3.05, 3.63) is 42.0 Å². The minimum Gasteiger partial charge on any atom is -0.480 e. The molecule has 0 radical (unpaired) electrons. The van der Waals surface area contributed by atoms with Crippen LogP contribution in [0.25, 0.3) is 5.57 Å². The molecule has 1 aromatic rings. The number of halogens is 3. The first kappa shape index (κ1) is 20.5. The van der Waals surface area contributed by atoms with Gasteiger partial charge in [-0.05, 0) is 32.8 Å². The lowest BCUT2D eigenvalue weighted by Gasteiger charge is -2.21. The molecular weight excluding hydrogens is 339 g/mol. The van der Waals surface area contributed by atoms with E-state index in [4.69, 9.17) is 9.84 Å². The number of carboxylic acid groups (broad SMARTS) is 1. The zero-order chi connectivity index (χ0) is 19.3. The third-order valence-electron chi connectivity index (χ3n) is 2.94. The van der Waals surface area contributed by atoms with Crippen LogP contribution in [0.2, 0.25) is 0 Å². The van der Waals surface area contributed by atoms with E-state index in [1.54, 1.807) is 26.8 Å². The van der Waals surface area contributed by atoms with Crippen molar-refractivity contribution in [2.45, 2.75) is 45.0 Å². The van der Waals surface area contributed by atoms with Crippen LogP contribution in [-0.2, 0) is 9.53 Å². The molecule has 1 atom stereocenters. The highest BCUT2D eigenvalue weighted by atomic mass is 19.4. The lowest BCUT2D eigenvalue weighted by Crippen LogP contribution is -2.43. The van der Waals surface area contributed by atoms with E-state index < -0.39 is 41.9 Å². The Morgan fingerprint density at radius 2 is 1.76 bits per heavy atom. The molecule has 0 saturated heterocycles. The maximum absolute atomic E-state index is 13.2. The summed E-state index contributed by atoms with van der Waals surface area (Å²) >= 11 is 0. The van der Waals surface area contributed by atoms with Gasteiger partial charge >= 0.3 is 18.2 Å². The van der Waals surface area contributed by atoms with E-state index >= 15 is 0 Å². The van der Waals surface area contributed by atoms with Crippen molar-refractivity contribution in [1.29, 1.82) is 0 Å². The van der Waals surface area contributed by atoms with Gasteiger partial charge in [0.1, 0.15) is 11.6 Å². The van der Waals surface area contributed by atoms with Gasteiger partial charge in [0.25, 0.3) is 0 Å². The standard InChI is InChI=1S/C17H20F3NO4/c1-16(2,3)25-15(24)21-13(14(22)23)10-9-12(17(18,19)20)11-7-5-4-6-8-11/h4-9,13H,10H2,1-3H3,(H,21,24)(H,22,23). The Hall–Kier alpha value is -2.51. The van der Waals surface area contributed by atoms with Crippen LogP contribution in [-0.4, -0.2) is 35.0 Å². The molecular formula is C17H20F3NO4. The van der Waals surface area contributed by atoms with E-state index in [0.717, 1.165) is 6.08 Å². The van der Waals surface area contributed by atoms with Crippen LogP contribution in [0.15, 0.2) is 36.4 Å². The first-order valence-electron chi connectivity index (χ1n) is 7.45. The van der Waals surface area contributed by atoms with E-state index in [-0.39, 0.29) is 5.56 Å². The smallest absolute Gasteiger partial charge is 0.416 e. The summed E-state index contributed by atoms with van der Waals surface area (Å²) in [5.74, 6) is -1.46. The number of nitrogens with one attached hydrogen (secondary N) is 1. The Bertz CT molecular complexity index is 634. The molecule has 1 unspecified atom stereocenters. The zero-order valence-electron chi connectivity index (χ0n) is 14.1. The molecule has 1 rings (SSSR count). The highest BCUT2D eigenvalue weighted by Gasteiger charge is 2.35. The molecule has 0 heterocycles. The van der Waals surface area contributed by atoms with E-state index in [1.165, 1.54) is 24.3 Å². The van der Waals surface area contributed by atoms with Crippen LogP contribution < -0.4 is 5.32 Å². The zero-order valence-corrected chi connectivity index (χ0v) is 14.1. The molecule has 25 heavy (non-hydrogen) atoms. The molecule has 5 nitrogen and oxygen atoms in total. The number of benzene rings is 1. The van der Waals surface area contributed by atoms with Gasteiger partial charge < -0.3 is 15.2 Å². The number of carbonyl (C=O) groups excluding carboxylic acids is 1. The summed E-state index contributed by atoms with van der Waals surface area (Å²) in [7, 11) is 0. The van der Waals surface area contributed by atoms with Crippen molar-refractivity contribution in [2.75, 3.05) is 0 Å². The lowest BCUT2D eigenvalue weighted by molar-refractivity contribution is -0.139.